The van der Waals surface area contributed by atoms with Gasteiger partial charge < -0.3 is 10.1 Å². The second kappa shape index (κ2) is 6.01. The Morgan fingerprint density at radius 3 is 3.06 bits per heavy atom. The summed E-state index contributed by atoms with van der Waals surface area (Å²) in [6.45, 7) is 2.68. The molecular weight excluding hydrogens is 289 g/mol. The van der Waals surface area contributed by atoms with Crippen molar-refractivity contribution < 1.29 is 4.74 Å². The minimum Gasteiger partial charge on any atom is -0.377 e. The van der Waals surface area contributed by atoms with Gasteiger partial charge in [0.25, 0.3) is 0 Å². The van der Waals surface area contributed by atoms with Crippen molar-refractivity contribution in [3.05, 3.63) is 33.3 Å². The molecule has 1 unspecified atom stereocenters. The molecule has 16 heavy (non-hydrogen) atoms. The average Bonchev–Trinajstić information content (AvgIpc) is 2.74. The lowest BCUT2D eigenvalue weighted by molar-refractivity contribution is 0.110. The Morgan fingerprint density at radius 1 is 1.50 bits per heavy atom. The molecule has 1 heterocycles. The molecule has 0 aromatic heterocycles. The Bertz CT molecular complexity index is 353. The van der Waals surface area contributed by atoms with Crippen LogP contribution in [0.25, 0.3) is 0 Å². The fourth-order valence-corrected chi connectivity index (χ4v) is 2.66. The summed E-state index contributed by atoms with van der Waals surface area (Å²) in [7, 11) is 0. The lowest BCUT2D eigenvalue weighted by atomic mass is 10.2. The van der Waals surface area contributed by atoms with Crippen molar-refractivity contribution in [1.29, 1.82) is 0 Å². The van der Waals surface area contributed by atoms with E-state index in [4.69, 9.17) is 16.3 Å². The van der Waals surface area contributed by atoms with Crippen LogP contribution in [-0.4, -0.2) is 19.3 Å². The fourth-order valence-electron chi connectivity index (χ4n) is 1.84. The van der Waals surface area contributed by atoms with Crippen molar-refractivity contribution in [2.45, 2.75) is 25.5 Å². The molecule has 1 aliphatic heterocycles. The lowest BCUT2D eigenvalue weighted by Gasteiger charge is -2.11. The molecule has 1 N–H and O–H groups in total. The molecule has 2 rings (SSSR count). The summed E-state index contributed by atoms with van der Waals surface area (Å²) in [6, 6.07) is 5.87. The second-order valence-corrected chi connectivity index (χ2v) is 5.29. The summed E-state index contributed by atoms with van der Waals surface area (Å²) in [5.74, 6) is 0. The topological polar surface area (TPSA) is 21.3 Å². The number of halogens is 2. The van der Waals surface area contributed by atoms with Crippen LogP contribution in [0.15, 0.2) is 22.7 Å². The highest BCUT2D eigenvalue weighted by atomic mass is 79.9. The Hall–Kier alpha value is -0.0900. The van der Waals surface area contributed by atoms with Crippen LogP contribution < -0.4 is 5.32 Å². The van der Waals surface area contributed by atoms with Gasteiger partial charge in [-0.15, -0.1) is 0 Å². The highest BCUT2D eigenvalue weighted by molar-refractivity contribution is 9.10. The molecule has 0 spiro atoms. The number of hydrogen-bond donors (Lipinski definition) is 1. The predicted molar refractivity (Wildman–Crippen MR) is 69.8 cm³/mol. The molecule has 1 atom stereocenters. The summed E-state index contributed by atoms with van der Waals surface area (Å²) in [5, 5.41) is 4.16. The van der Waals surface area contributed by atoms with Gasteiger partial charge in [-0.2, -0.15) is 0 Å². The molecule has 1 aromatic carbocycles. The number of rotatable bonds is 4. The zero-order valence-electron chi connectivity index (χ0n) is 9.01. The van der Waals surface area contributed by atoms with E-state index in [0.717, 1.165) is 29.2 Å². The van der Waals surface area contributed by atoms with Gasteiger partial charge in [-0.3, -0.25) is 0 Å². The monoisotopic (exact) mass is 303 g/mol. The molecule has 1 aliphatic rings. The van der Waals surface area contributed by atoms with E-state index in [-0.39, 0.29) is 0 Å². The van der Waals surface area contributed by atoms with Crippen LogP contribution in [0, 0.1) is 0 Å². The van der Waals surface area contributed by atoms with Crippen LogP contribution in [0.5, 0.6) is 0 Å². The molecule has 1 saturated heterocycles. The highest BCUT2D eigenvalue weighted by Gasteiger charge is 2.14. The summed E-state index contributed by atoms with van der Waals surface area (Å²) in [4.78, 5) is 0. The van der Waals surface area contributed by atoms with Crippen LogP contribution >= 0.6 is 27.5 Å². The largest absolute Gasteiger partial charge is 0.377 e. The first-order valence-electron chi connectivity index (χ1n) is 5.52. The normalized spacial score (nSPS) is 20.2. The van der Waals surface area contributed by atoms with E-state index in [1.54, 1.807) is 0 Å². The quantitative estimate of drug-likeness (QED) is 0.921. The number of nitrogens with one attached hydrogen (secondary N) is 1. The minimum absolute atomic E-state index is 0.395. The van der Waals surface area contributed by atoms with Crippen molar-refractivity contribution in [3.8, 4) is 0 Å². The Kier molecular flexibility index (Phi) is 4.65. The van der Waals surface area contributed by atoms with E-state index in [0.29, 0.717) is 6.10 Å². The van der Waals surface area contributed by atoms with Gasteiger partial charge in [-0.25, -0.2) is 0 Å². The highest BCUT2D eigenvalue weighted by Crippen LogP contribution is 2.21. The summed E-state index contributed by atoms with van der Waals surface area (Å²) in [5.41, 5.74) is 1.22. The first-order chi connectivity index (χ1) is 7.75. The molecular formula is C12H15BrClNO. The third kappa shape index (κ3) is 3.45. The maximum Gasteiger partial charge on any atom is 0.0700 e. The van der Waals surface area contributed by atoms with Crippen molar-refractivity contribution in [2.24, 2.45) is 0 Å². The fraction of sp³-hybridized carbons (Fsp3) is 0.500. The number of benzene rings is 1. The third-order valence-corrected chi connectivity index (χ3v) is 3.70. The van der Waals surface area contributed by atoms with E-state index in [1.165, 1.54) is 18.4 Å². The van der Waals surface area contributed by atoms with Crippen molar-refractivity contribution in [3.63, 3.8) is 0 Å². The van der Waals surface area contributed by atoms with Gasteiger partial charge in [-0.1, -0.05) is 33.6 Å². The number of hydrogen-bond acceptors (Lipinski definition) is 2. The van der Waals surface area contributed by atoms with Gasteiger partial charge in [-0.05, 0) is 30.5 Å². The van der Waals surface area contributed by atoms with Crippen molar-refractivity contribution >= 4 is 27.5 Å². The Labute approximate surface area is 109 Å². The van der Waals surface area contributed by atoms with E-state index in [2.05, 4.69) is 21.2 Å². The van der Waals surface area contributed by atoms with Gasteiger partial charge in [0.05, 0.1) is 6.10 Å². The maximum atomic E-state index is 5.88. The minimum atomic E-state index is 0.395. The van der Waals surface area contributed by atoms with Crippen LogP contribution in [0.3, 0.4) is 0 Å². The zero-order chi connectivity index (χ0) is 11.4. The summed E-state index contributed by atoms with van der Waals surface area (Å²) < 4.78 is 6.60. The first-order valence-corrected chi connectivity index (χ1v) is 6.69. The Morgan fingerprint density at radius 2 is 2.38 bits per heavy atom. The van der Waals surface area contributed by atoms with Gasteiger partial charge in [0.1, 0.15) is 0 Å². The van der Waals surface area contributed by atoms with Crippen LogP contribution in [-0.2, 0) is 11.3 Å². The SMILES string of the molecule is Clc1ccc(CNCC2CCCO2)c(Br)c1. The predicted octanol–water partition coefficient (Wildman–Crippen LogP) is 3.37. The van der Waals surface area contributed by atoms with Crippen LogP contribution in [0.1, 0.15) is 18.4 Å². The van der Waals surface area contributed by atoms with E-state index >= 15 is 0 Å². The van der Waals surface area contributed by atoms with Crippen LogP contribution in [0.4, 0.5) is 0 Å². The molecule has 2 nitrogen and oxygen atoms in total. The summed E-state index contributed by atoms with van der Waals surface area (Å²) >= 11 is 9.39. The van der Waals surface area contributed by atoms with E-state index in [9.17, 15) is 0 Å². The molecule has 0 saturated carbocycles. The van der Waals surface area contributed by atoms with Crippen molar-refractivity contribution in [2.75, 3.05) is 13.2 Å². The number of ether oxygens (including phenoxy) is 1. The smallest absolute Gasteiger partial charge is 0.0700 e. The van der Waals surface area contributed by atoms with Gasteiger partial charge >= 0.3 is 0 Å². The summed E-state index contributed by atoms with van der Waals surface area (Å²) in [6.07, 6.45) is 2.76. The molecule has 1 aromatic rings. The van der Waals surface area contributed by atoms with Gasteiger partial charge in [0, 0.05) is 29.2 Å². The van der Waals surface area contributed by atoms with Gasteiger partial charge in [0.2, 0.25) is 0 Å². The maximum absolute atomic E-state index is 5.88. The van der Waals surface area contributed by atoms with Crippen LogP contribution in [0.2, 0.25) is 5.02 Å². The molecule has 88 valence electrons. The average molecular weight is 305 g/mol. The molecule has 0 radical (unpaired) electrons. The molecule has 1 fully saturated rings. The molecule has 4 heteroatoms. The van der Waals surface area contributed by atoms with Gasteiger partial charge in [0.15, 0.2) is 0 Å². The lowest BCUT2D eigenvalue weighted by Crippen LogP contribution is -2.25. The standard InChI is InChI=1S/C12H15BrClNO/c13-12-6-10(14)4-3-9(12)7-15-8-11-2-1-5-16-11/h3-4,6,11,15H,1-2,5,7-8H2. The third-order valence-electron chi connectivity index (χ3n) is 2.73. The van der Waals surface area contributed by atoms with E-state index < -0.39 is 0 Å². The first kappa shape index (κ1) is 12.4. The zero-order valence-corrected chi connectivity index (χ0v) is 11.4. The van der Waals surface area contributed by atoms with E-state index in [1.807, 2.05) is 18.2 Å². The Balaban J connectivity index is 1.80. The molecule has 0 aliphatic carbocycles. The molecule has 0 amide bonds. The molecule has 0 bridgehead atoms. The van der Waals surface area contributed by atoms with Crippen molar-refractivity contribution in [1.82, 2.24) is 5.32 Å². The second-order valence-electron chi connectivity index (χ2n) is 4.00.